The van der Waals surface area contributed by atoms with Crippen molar-refractivity contribution < 1.29 is 5.11 Å². The van der Waals surface area contributed by atoms with Gasteiger partial charge in [-0.1, -0.05) is 34.6 Å². The number of rotatable bonds is 6. The van der Waals surface area contributed by atoms with Gasteiger partial charge in [-0.2, -0.15) is 0 Å². The smallest absolute Gasteiger partial charge is 0.0473 e. The standard InChI is InChI=1S/C12H27NO/c1-10(2)11(9-14)8-13-7-6-12(3,4)5/h10-11,13-14H,6-9H2,1-5H3/t11-/m1/s1. The van der Waals surface area contributed by atoms with Crippen molar-refractivity contribution >= 4 is 0 Å². The van der Waals surface area contributed by atoms with E-state index in [0.717, 1.165) is 13.1 Å². The summed E-state index contributed by atoms with van der Waals surface area (Å²) in [5, 5.41) is 12.5. The molecular weight excluding hydrogens is 174 g/mol. The van der Waals surface area contributed by atoms with E-state index < -0.39 is 0 Å². The van der Waals surface area contributed by atoms with Crippen LogP contribution in [-0.4, -0.2) is 24.8 Å². The second kappa shape index (κ2) is 6.41. The van der Waals surface area contributed by atoms with Gasteiger partial charge in [0.1, 0.15) is 0 Å². The maximum absolute atomic E-state index is 9.12. The van der Waals surface area contributed by atoms with Crippen molar-refractivity contribution in [1.82, 2.24) is 5.32 Å². The lowest BCUT2D eigenvalue weighted by atomic mass is 9.92. The second-order valence-electron chi connectivity index (χ2n) is 5.70. The van der Waals surface area contributed by atoms with Gasteiger partial charge in [0.15, 0.2) is 0 Å². The molecule has 0 unspecified atom stereocenters. The fourth-order valence-electron chi connectivity index (χ4n) is 1.26. The summed E-state index contributed by atoms with van der Waals surface area (Å²) in [7, 11) is 0. The fourth-order valence-corrected chi connectivity index (χ4v) is 1.26. The normalized spacial score (nSPS) is 14.8. The number of nitrogens with one attached hydrogen (secondary N) is 1. The predicted octanol–water partition coefficient (Wildman–Crippen LogP) is 2.28. The summed E-state index contributed by atoms with van der Waals surface area (Å²) in [6.07, 6.45) is 1.18. The quantitative estimate of drug-likeness (QED) is 0.646. The van der Waals surface area contributed by atoms with E-state index in [1.54, 1.807) is 0 Å². The lowest BCUT2D eigenvalue weighted by molar-refractivity contribution is 0.185. The summed E-state index contributed by atoms with van der Waals surface area (Å²) < 4.78 is 0. The lowest BCUT2D eigenvalue weighted by Crippen LogP contribution is -2.30. The molecule has 0 aromatic carbocycles. The minimum Gasteiger partial charge on any atom is -0.396 e. The molecule has 86 valence electrons. The molecule has 2 N–H and O–H groups in total. The van der Waals surface area contributed by atoms with Crippen molar-refractivity contribution in [3.63, 3.8) is 0 Å². The van der Waals surface area contributed by atoms with E-state index in [4.69, 9.17) is 5.11 Å². The Kier molecular flexibility index (Phi) is 6.38. The maximum atomic E-state index is 9.12. The molecule has 0 aliphatic heterocycles. The van der Waals surface area contributed by atoms with E-state index >= 15 is 0 Å². The first-order valence-electron chi connectivity index (χ1n) is 5.68. The zero-order valence-corrected chi connectivity index (χ0v) is 10.4. The average molecular weight is 201 g/mol. The Morgan fingerprint density at radius 1 is 1.21 bits per heavy atom. The van der Waals surface area contributed by atoms with Crippen LogP contribution >= 0.6 is 0 Å². The first-order valence-corrected chi connectivity index (χ1v) is 5.68. The molecule has 0 fully saturated rings. The fraction of sp³-hybridized carbons (Fsp3) is 1.00. The van der Waals surface area contributed by atoms with Crippen LogP contribution in [-0.2, 0) is 0 Å². The van der Waals surface area contributed by atoms with Crippen LogP contribution < -0.4 is 5.32 Å². The van der Waals surface area contributed by atoms with Gasteiger partial charge in [0, 0.05) is 13.2 Å². The molecule has 0 saturated heterocycles. The Morgan fingerprint density at radius 3 is 2.14 bits per heavy atom. The first kappa shape index (κ1) is 13.9. The van der Waals surface area contributed by atoms with Crippen LogP contribution in [0.5, 0.6) is 0 Å². The highest BCUT2D eigenvalue weighted by Gasteiger charge is 2.13. The van der Waals surface area contributed by atoms with Crippen LogP contribution in [0.1, 0.15) is 41.0 Å². The maximum Gasteiger partial charge on any atom is 0.0473 e. The number of aliphatic hydroxyl groups excluding tert-OH is 1. The van der Waals surface area contributed by atoms with E-state index in [0.29, 0.717) is 23.9 Å². The van der Waals surface area contributed by atoms with Gasteiger partial charge >= 0.3 is 0 Å². The van der Waals surface area contributed by atoms with Gasteiger partial charge in [-0.25, -0.2) is 0 Å². The first-order chi connectivity index (χ1) is 6.37. The van der Waals surface area contributed by atoms with Gasteiger partial charge in [0.05, 0.1) is 0 Å². The van der Waals surface area contributed by atoms with Crippen LogP contribution in [0.3, 0.4) is 0 Å². The summed E-state index contributed by atoms with van der Waals surface area (Å²) >= 11 is 0. The van der Waals surface area contributed by atoms with Gasteiger partial charge in [-0.15, -0.1) is 0 Å². The molecule has 0 aliphatic rings. The number of aliphatic hydroxyl groups is 1. The number of hydrogen-bond acceptors (Lipinski definition) is 2. The molecule has 0 bridgehead atoms. The molecule has 0 aliphatic carbocycles. The van der Waals surface area contributed by atoms with E-state index in [1.807, 2.05) is 0 Å². The third-order valence-corrected chi connectivity index (χ3v) is 2.64. The van der Waals surface area contributed by atoms with Gasteiger partial charge in [-0.3, -0.25) is 0 Å². The summed E-state index contributed by atoms with van der Waals surface area (Å²) in [6.45, 7) is 13.3. The molecular formula is C12H27NO. The summed E-state index contributed by atoms with van der Waals surface area (Å²) in [4.78, 5) is 0. The van der Waals surface area contributed by atoms with Crippen LogP contribution in [0.2, 0.25) is 0 Å². The lowest BCUT2D eigenvalue weighted by Gasteiger charge is -2.21. The molecule has 1 atom stereocenters. The minimum atomic E-state index is 0.292. The monoisotopic (exact) mass is 201 g/mol. The Balaban J connectivity index is 3.52. The molecule has 14 heavy (non-hydrogen) atoms. The molecule has 0 aromatic rings. The highest BCUT2D eigenvalue weighted by molar-refractivity contribution is 4.67. The molecule has 0 spiro atoms. The summed E-state index contributed by atoms with van der Waals surface area (Å²) in [5.41, 5.74) is 0.402. The molecule has 0 rings (SSSR count). The highest BCUT2D eigenvalue weighted by Crippen LogP contribution is 2.17. The molecule has 2 heteroatoms. The van der Waals surface area contributed by atoms with Crippen molar-refractivity contribution in [2.45, 2.75) is 41.0 Å². The van der Waals surface area contributed by atoms with Gasteiger partial charge < -0.3 is 10.4 Å². The van der Waals surface area contributed by atoms with Gasteiger partial charge in [0.25, 0.3) is 0 Å². The van der Waals surface area contributed by atoms with E-state index in [9.17, 15) is 0 Å². The van der Waals surface area contributed by atoms with E-state index in [1.165, 1.54) is 6.42 Å². The number of hydrogen-bond donors (Lipinski definition) is 2. The van der Waals surface area contributed by atoms with Crippen LogP contribution in [0.25, 0.3) is 0 Å². The predicted molar refractivity (Wildman–Crippen MR) is 62.4 cm³/mol. The molecule has 0 amide bonds. The van der Waals surface area contributed by atoms with Crippen molar-refractivity contribution in [1.29, 1.82) is 0 Å². The molecule has 0 saturated carbocycles. The van der Waals surface area contributed by atoms with Crippen molar-refractivity contribution in [2.24, 2.45) is 17.3 Å². The van der Waals surface area contributed by atoms with E-state index in [-0.39, 0.29) is 0 Å². The minimum absolute atomic E-state index is 0.292. The summed E-state index contributed by atoms with van der Waals surface area (Å²) in [5.74, 6) is 0.956. The second-order valence-corrected chi connectivity index (χ2v) is 5.70. The largest absolute Gasteiger partial charge is 0.396 e. The zero-order valence-electron chi connectivity index (χ0n) is 10.4. The third kappa shape index (κ3) is 7.34. The summed E-state index contributed by atoms with van der Waals surface area (Å²) in [6, 6.07) is 0. The zero-order chi connectivity index (χ0) is 11.2. The molecule has 0 radical (unpaired) electrons. The molecule has 0 aromatic heterocycles. The van der Waals surface area contributed by atoms with Crippen LogP contribution in [0.15, 0.2) is 0 Å². The average Bonchev–Trinajstić information content (AvgIpc) is 2.01. The Bertz CT molecular complexity index is 138. The van der Waals surface area contributed by atoms with Gasteiger partial charge in [-0.05, 0) is 30.2 Å². The van der Waals surface area contributed by atoms with Crippen LogP contribution in [0, 0.1) is 17.3 Å². The molecule has 0 heterocycles. The Morgan fingerprint density at radius 2 is 1.79 bits per heavy atom. The van der Waals surface area contributed by atoms with Gasteiger partial charge in [0.2, 0.25) is 0 Å². The highest BCUT2D eigenvalue weighted by atomic mass is 16.3. The van der Waals surface area contributed by atoms with Crippen molar-refractivity contribution in [3.05, 3.63) is 0 Å². The third-order valence-electron chi connectivity index (χ3n) is 2.64. The Hall–Kier alpha value is -0.0800. The topological polar surface area (TPSA) is 32.3 Å². The SMILES string of the molecule is CC(C)[C@@H](CO)CNCCC(C)(C)C. The van der Waals surface area contributed by atoms with E-state index in [2.05, 4.69) is 39.9 Å². The van der Waals surface area contributed by atoms with Crippen LogP contribution in [0.4, 0.5) is 0 Å². The van der Waals surface area contributed by atoms with Crippen molar-refractivity contribution in [2.75, 3.05) is 19.7 Å². The Labute approximate surface area is 89.1 Å². The van der Waals surface area contributed by atoms with Crippen molar-refractivity contribution in [3.8, 4) is 0 Å². The molecule has 2 nitrogen and oxygen atoms in total.